The maximum absolute atomic E-state index is 2.35. The molecule has 0 spiro atoms. The van der Waals surface area contributed by atoms with Gasteiger partial charge in [-0.1, -0.05) is 103 Å². The van der Waals surface area contributed by atoms with Crippen LogP contribution < -0.4 is 9.80 Å². The van der Waals surface area contributed by atoms with Crippen LogP contribution in [0.2, 0.25) is 0 Å². The first-order valence-electron chi connectivity index (χ1n) is 14.8. The van der Waals surface area contributed by atoms with Crippen molar-refractivity contribution in [2.45, 2.75) is 20.8 Å². The maximum Gasteiger partial charge on any atom is 0.0490 e. The fraction of sp³-hybridized carbons (Fsp3) is 0.0732. The highest BCUT2D eigenvalue weighted by Crippen LogP contribution is 2.38. The lowest BCUT2D eigenvalue weighted by Gasteiger charge is -2.28. The van der Waals surface area contributed by atoms with Crippen molar-refractivity contribution in [1.82, 2.24) is 0 Å². The fourth-order valence-electron chi connectivity index (χ4n) is 5.49. The highest BCUT2D eigenvalue weighted by molar-refractivity contribution is 5.82. The van der Waals surface area contributed by atoms with E-state index < -0.39 is 0 Å². The van der Waals surface area contributed by atoms with Crippen LogP contribution in [0, 0.1) is 20.8 Å². The van der Waals surface area contributed by atoms with Crippen LogP contribution >= 0.6 is 0 Å². The van der Waals surface area contributed by atoms with Crippen LogP contribution in [0.4, 0.5) is 34.1 Å². The molecular formula is C41H36N2. The highest BCUT2D eigenvalue weighted by atomic mass is 15.1. The van der Waals surface area contributed by atoms with Gasteiger partial charge in [-0.05, 0) is 109 Å². The number of nitrogens with zero attached hydrogens (tertiary/aromatic N) is 2. The lowest BCUT2D eigenvalue weighted by Crippen LogP contribution is -2.12. The largest absolute Gasteiger partial charge is 0.310 e. The van der Waals surface area contributed by atoms with E-state index in [0.717, 1.165) is 33.9 Å². The van der Waals surface area contributed by atoms with Crippen molar-refractivity contribution < 1.29 is 0 Å². The average Bonchev–Trinajstić information content (AvgIpc) is 3.04. The molecule has 6 aromatic rings. The van der Waals surface area contributed by atoms with Gasteiger partial charge >= 0.3 is 0 Å². The zero-order valence-corrected chi connectivity index (χ0v) is 25.0. The van der Waals surface area contributed by atoms with Crippen LogP contribution in [-0.4, -0.2) is 0 Å². The third-order valence-electron chi connectivity index (χ3n) is 7.76. The van der Waals surface area contributed by atoms with E-state index >= 15 is 0 Å². The molecule has 210 valence electrons. The van der Waals surface area contributed by atoms with Crippen LogP contribution in [0.15, 0.2) is 152 Å². The van der Waals surface area contributed by atoms with Crippen LogP contribution in [0.5, 0.6) is 0 Å². The number of anilines is 6. The van der Waals surface area contributed by atoms with Crippen LogP contribution in [0.3, 0.4) is 0 Å². The Kier molecular flexibility index (Phi) is 8.19. The molecule has 0 radical (unpaired) electrons. The molecular weight excluding hydrogens is 520 g/mol. The van der Waals surface area contributed by atoms with Gasteiger partial charge in [0.2, 0.25) is 0 Å². The summed E-state index contributed by atoms with van der Waals surface area (Å²) >= 11 is 0. The van der Waals surface area contributed by atoms with Crippen molar-refractivity contribution in [2.24, 2.45) is 0 Å². The number of hydrogen-bond donors (Lipinski definition) is 0. The topological polar surface area (TPSA) is 6.48 Å². The Balaban J connectivity index is 1.25. The molecule has 0 aliphatic carbocycles. The van der Waals surface area contributed by atoms with E-state index in [1.807, 2.05) is 0 Å². The molecule has 0 aromatic heterocycles. The third kappa shape index (κ3) is 6.29. The molecule has 2 nitrogen and oxygen atoms in total. The highest BCUT2D eigenvalue weighted by Gasteiger charge is 2.16. The standard InChI is InChI=1S/C41H36N2/c1-31-12-11-17-39(30-31)42(36-15-5-4-6-16-36)37-26-22-34(23-27-37)20-21-35-24-28-38(29-25-35)43(40-18-9-7-13-32(40)2)41-19-10-8-14-33(41)3/h4-30H,1-3H3/b21-20+. The minimum Gasteiger partial charge on any atom is -0.310 e. The van der Waals surface area contributed by atoms with Gasteiger partial charge in [0.15, 0.2) is 0 Å². The quantitative estimate of drug-likeness (QED) is 0.172. The molecule has 0 fully saturated rings. The summed E-state index contributed by atoms with van der Waals surface area (Å²) in [6.07, 6.45) is 4.36. The van der Waals surface area contributed by atoms with E-state index in [9.17, 15) is 0 Å². The summed E-state index contributed by atoms with van der Waals surface area (Å²) in [5, 5.41) is 0. The minimum atomic E-state index is 1.13. The number of benzene rings is 6. The van der Waals surface area contributed by atoms with Gasteiger partial charge in [0.25, 0.3) is 0 Å². The summed E-state index contributed by atoms with van der Waals surface area (Å²) in [7, 11) is 0. The number of aryl methyl sites for hydroxylation is 3. The second kappa shape index (κ2) is 12.7. The van der Waals surface area contributed by atoms with E-state index in [1.165, 1.54) is 28.1 Å². The van der Waals surface area contributed by atoms with Gasteiger partial charge in [0.05, 0.1) is 0 Å². The second-order valence-corrected chi connectivity index (χ2v) is 10.9. The van der Waals surface area contributed by atoms with E-state index in [4.69, 9.17) is 0 Å². The van der Waals surface area contributed by atoms with Crippen molar-refractivity contribution in [3.05, 3.63) is 179 Å². The Labute approximate surface area is 255 Å². The van der Waals surface area contributed by atoms with E-state index in [-0.39, 0.29) is 0 Å². The normalized spacial score (nSPS) is 11.0. The molecule has 0 N–H and O–H groups in total. The first-order valence-corrected chi connectivity index (χ1v) is 14.8. The van der Waals surface area contributed by atoms with Gasteiger partial charge in [-0.3, -0.25) is 0 Å². The monoisotopic (exact) mass is 556 g/mol. The predicted octanol–water partition coefficient (Wildman–Crippen LogP) is 11.7. The molecule has 0 aliphatic rings. The number of para-hydroxylation sites is 3. The van der Waals surface area contributed by atoms with Gasteiger partial charge in [-0.2, -0.15) is 0 Å². The van der Waals surface area contributed by atoms with Crippen molar-refractivity contribution in [1.29, 1.82) is 0 Å². The molecule has 0 heterocycles. The minimum absolute atomic E-state index is 1.13. The molecule has 0 aliphatic heterocycles. The molecule has 0 unspecified atom stereocenters. The summed E-state index contributed by atoms with van der Waals surface area (Å²) in [5.74, 6) is 0. The summed E-state index contributed by atoms with van der Waals surface area (Å²) in [5.41, 5.74) is 13.0. The molecule has 6 rings (SSSR count). The summed E-state index contributed by atoms with van der Waals surface area (Å²) < 4.78 is 0. The SMILES string of the molecule is Cc1cccc(N(c2ccccc2)c2ccc(/C=C/c3ccc(N(c4ccccc4C)c4ccccc4C)cc3)cc2)c1. The molecule has 6 aromatic carbocycles. The van der Waals surface area contributed by atoms with Crippen molar-refractivity contribution in [2.75, 3.05) is 9.80 Å². The van der Waals surface area contributed by atoms with Gasteiger partial charge < -0.3 is 9.80 Å². The predicted molar refractivity (Wildman–Crippen MR) is 185 cm³/mol. The average molecular weight is 557 g/mol. The Morgan fingerprint density at radius 2 is 0.814 bits per heavy atom. The van der Waals surface area contributed by atoms with Gasteiger partial charge in [0.1, 0.15) is 0 Å². The van der Waals surface area contributed by atoms with Crippen LogP contribution in [0.1, 0.15) is 27.8 Å². The van der Waals surface area contributed by atoms with E-state index in [2.05, 4.69) is 194 Å². The van der Waals surface area contributed by atoms with E-state index in [0.29, 0.717) is 0 Å². The smallest absolute Gasteiger partial charge is 0.0490 e. The molecule has 43 heavy (non-hydrogen) atoms. The molecule has 0 saturated heterocycles. The first-order chi connectivity index (χ1) is 21.1. The second-order valence-electron chi connectivity index (χ2n) is 10.9. The summed E-state index contributed by atoms with van der Waals surface area (Å²) in [6.45, 7) is 6.47. The summed E-state index contributed by atoms with van der Waals surface area (Å²) in [4.78, 5) is 4.65. The molecule has 0 bridgehead atoms. The Morgan fingerprint density at radius 3 is 1.33 bits per heavy atom. The Hall–Kier alpha value is -5.34. The molecule has 0 saturated carbocycles. The molecule has 0 amide bonds. The fourth-order valence-corrected chi connectivity index (χ4v) is 5.49. The van der Waals surface area contributed by atoms with Crippen molar-refractivity contribution >= 4 is 46.3 Å². The third-order valence-corrected chi connectivity index (χ3v) is 7.76. The number of hydrogen-bond acceptors (Lipinski definition) is 2. The Bertz CT molecular complexity index is 1790. The first kappa shape index (κ1) is 27.8. The Morgan fingerprint density at radius 1 is 0.372 bits per heavy atom. The van der Waals surface area contributed by atoms with Gasteiger partial charge in [-0.15, -0.1) is 0 Å². The van der Waals surface area contributed by atoms with Gasteiger partial charge in [-0.25, -0.2) is 0 Å². The zero-order chi connectivity index (χ0) is 29.6. The van der Waals surface area contributed by atoms with Gasteiger partial charge in [0, 0.05) is 34.1 Å². The lowest BCUT2D eigenvalue weighted by atomic mass is 10.1. The molecule has 2 heteroatoms. The van der Waals surface area contributed by atoms with Crippen LogP contribution in [-0.2, 0) is 0 Å². The molecule has 0 atom stereocenters. The maximum atomic E-state index is 2.35. The number of rotatable bonds is 8. The lowest BCUT2D eigenvalue weighted by molar-refractivity contribution is 1.22. The zero-order valence-electron chi connectivity index (χ0n) is 25.0. The van der Waals surface area contributed by atoms with Crippen molar-refractivity contribution in [3.8, 4) is 0 Å². The van der Waals surface area contributed by atoms with E-state index in [1.54, 1.807) is 0 Å². The summed E-state index contributed by atoms with van der Waals surface area (Å²) in [6, 6.07) is 53.9. The van der Waals surface area contributed by atoms with Crippen molar-refractivity contribution in [3.63, 3.8) is 0 Å². The van der Waals surface area contributed by atoms with Crippen LogP contribution in [0.25, 0.3) is 12.2 Å².